The summed E-state index contributed by atoms with van der Waals surface area (Å²) < 4.78 is 10.8. The first-order valence-corrected chi connectivity index (χ1v) is 9.74. The molecule has 0 bridgehead atoms. The fourth-order valence-corrected chi connectivity index (χ4v) is 2.75. The van der Waals surface area contributed by atoms with Crippen molar-refractivity contribution in [3.05, 3.63) is 0 Å². The van der Waals surface area contributed by atoms with Gasteiger partial charge in [0.2, 0.25) is 0 Å². The molecule has 1 N–H and O–H groups in total. The van der Waals surface area contributed by atoms with E-state index in [-0.39, 0.29) is 12.7 Å². The zero-order valence-corrected chi connectivity index (χ0v) is 15.3. The van der Waals surface area contributed by atoms with Gasteiger partial charge in [-0.15, -0.1) is 11.6 Å². The molecule has 0 aliphatic heterocycles. The SMILES string of the molecule is CCCCCCCCCCCC[C@@H](CCl)OCCOCCO. The number of unbranched alkanes of at least 4 members (excludes halogenated alkanes) is 9. The van der Waals surface area contributed by atoms with Crippen molar-refractivity contribution < 1.29 is 14.6 Å². The third kappa shape index (κ3) is 16.5. The predicted molar refractivity (Wildman–Crippen MR) is 94.8 cm³/mol. The molecule has 0 amide bonds. The van der Waals surface area contributed by atoms with Gasteiger partial charge in [0.25, 0.3) is 0 Å². The third-order valence-corrected chi connectivity index (χ3v) is 4.21. The summed E-state index contributed by atoms with van der Waals surface area (Å²) in [5, 5.41) is 8.59. The molecule has 0 radical (unpaired) electrons. The van der Waals surface area contributed by atoms with Gasteiger partial charge in [0.1, 0.15) is 0 Å². The van der Waals surface area contributed by atoms with Crippen LogP contribution in [0.15, 0.2) is 0 Å². The van der Waals surface area contributed by atoms with E-state index in [1.54, 1.807) is 0 Å². The summed E-state index contributed by atoms with van der Waals surface area (Å²) in [6.45, 7) is 3.81. The first kappa shape index (κ1) is 22.2. The average molecular weight is 337 g/mol. The van der Waals surface area contributed by atoms with Crippen molar-refractivity contribution in [3.63, 3.8) is 0 Å². The zero-order valence-electron chi connectivity index (χ0n) is 14.5. The maximum Gasteiger partial charge on any atom is 0.0711 e. The number of aliphatic hydroxyl groups is 1. The minimum absolute atomic E-state index is 0.0670. The highest BCUT2D eigenvalue weighted by molar-refractivity contribution is 6.18. The van der Waals surface area contributed by atoms with Gasteiger partial charge in [-0.05, 0) is 6.42 Å². The molecule has 0 rings (SSSR count). The Morgan fingerprint density at radius 3 is 1.95 bits per heavy atom. The molecular formula is C18H37ClO3. The molecular weight excluding hydrogens is 300 g/mol. The predicted octanol–water partition coefficient (Wildman–Crippen LogP) is 4.93. The molecule has 4 heteroatoms. The van der Waals surface area contributed by atoms with Gasteiger partial charge < -0.3 is 14.6 Å². The summed E-state index contributed by atoms with van der Waals surface area (Å²) in [5.41, 5.74) is 0. The number of hydrogen-bond acceptors (Lipinski definition) is 3. The van der Waals surface area contributed by atoms with Gasteiger partial charge >= 0.3 is 0 Å². The molecule has 22 heavy (non-hydrogen) atoms. The number of ether oxygens (including phenoxy) is 2. The molecule has 0 aliphatic carbocycles. The topological polar surface area (TPSA) is 38.7 Å². The van der Waals surface area contributed by atoms with E-state index in [4.69, 9.17) is 26.2 Å². The lowest BCUT2D eigenvalue weighted by Gasteiger charge is -2.15. The quantitative estimate of drug-likeness (QED) is 0.285. The van der Waals surface area contributed by atoms with Crippen LogP contribution in [0.25, 0.3) is 0 Å². The van der Waals surface area contributed by atoms with Gasteiger partial charge in [-0.1, -0.05) is 71.1 Å². The Hall–Kier alpha value is 0.170. The first-order chi connectivity index (χ1) is 10.8. The van der Waals surface area contributed by atoms with Crippen LogP contribution in [0, 0.1) is 0 Å². The van der Waals surface area contributed by atoms with E-state index in [9.17, 15) is 0 Å². The molecule has 0 heterocycles. The Balaban J connectivity index is 3.25. The molecule has 0 aromatic rings. The lowest BCUT2D eigenvalue weighted by Crippen LogP contribution is -2.18. The Morgan fingerprint density at radius 1 is 0.818 bits per heavy atom. The standard InChI is InChI=1S/C18H37ClO3/c1-2-3-4-5-6-7-8-9-10-11-12-18(17-19)22-16-15-21-14-13-20/h18,20H,2-17H2,1H3/t18-/m0/s1. The number of aliphatic hydroxyl groups excluding tert-OH is 1. The summed E-state index contributed by atoms with van der Waals surface area (Å²) in [5.74, 6) is 0.553. The second-order valence-electron chi connectivity index (χ2n) is 5.95. The van der Waals surface area contributed by atoms with Gasteiger partial charge in [-0.25, -0.2) is 0 Å². The molecule has 0 saturated carbocycles. The van der Waals surface area contributed by atoms with Crippen molar-refractivity contribution in [2.45, 2.75) is 83.7 Å². The zero-order chi connectivity index (χ0) is 16.3. The normalized spacial score (nSPS) is 12.7. The highest BCUT2D eigenvalue weighted by atomic mass is 35.5. The van der Waals surface area contributed by atoms with Gasteiger partial charge in [-0.2, -0.15) is 0 Å². The van der Waals surface area contributed by atoms with E-state index < -0.39 is 0 Å². The van der Waals surface area contributed by atoms with E-state index in [2.05, 4.69) is 6.92 Å². The fourth-order valence-electron chi connectivity index (χ4n) is 2.50. The minimum Gasteiger partial charge on any atom is -0.394 e. The number of hydrogen-bond donors (Lipinski definition) is 1. The summed E-state index contributed by atoms with van der Waals surface area (Å²) in [4.78, 5) is 0. The average Bonchev–Trinajstić information content (AvgIpc) is 2.54. The van der Waals surface area contributed by atoms with Gasteiger partial charge in [-0.3, -0.25) is 0 Å². The summed E-state index contributed by atoms with van der Waals surface area (Å²) in [6, 6.07) is 0. The highest BCUT2D eigenvalue weighted by Crippen LogP contribution is 2.13. The van der Waals surface area contributed by atoms with Crippen LogP contribution in [0.2, 0.25) is 0 Å². The van der Waals surface area contributed by atoms with Crippen LogP contribution in [0.4, 0.5) is 0 Å². The molecule has 3 nitrogen and oxygen atoms in total. The second-order valence-corrected chi connectivity index (χ2v) is 6.26. The smallest absolute Gasteiger partial charge is 0.0711 e. The van der Waals surface area contributed by atoms with E-state index in [0.29, 0.717) is 25.7 Å². The summed E-state index contributed by atoms with van der Waals surface area (Å²) in [7, 11) is 0. The number of rotatable bonds is 18. The number of alkyl halides is 1. The Morgan fingerprint density at radius 2 is 1.41 bits per heavy atom. The monoisotopic (exact) mass is 336 g/mol. The Labute approximate surface area is 142 Å². The van der Waals surface area contributed by atoms with Crippen molar-refractivity contribution in [1.29, 1.82) is 0 Å². The van der Waals surface area contributed by atoms with Crippen molar-refractivity contribution >= 4 is 11.6 Å². The van der Waals surface area contributed by atoms with Gasteiger partial charge in [0, 0.05) is 5.88 Å². The summed E-state index contributed by atoms with van der Waals surface area (Å²) >= 11 is 5.92. The molecule has 1 atom stereocenters. The van der Waals surface area contributed by atoms with Crippen molar-refractivity contribution in [2.75, 3.05) is 32.3 Å². The maximum absolute atomic E-state index is 8.59. The molecule has 0 spiro atoms. The van der Waals surface area contributed by atoms with E-state index in [0.717, 1.165) is 6.42 Å². The molecule has 0 aromatic heterocycles. The van der Waals surface area contributed by atoms with Crippen LogP contribution >= 0.6 is 11.6 Å². The molecule has 0 aliphatic rings. The van der Waals surface area contributed by atoms with Crippen molar-refractivity contribution in [3.8, 4) is 0 Å². The molecule has 0 unspecified atom stereocenters. The van der Waals surface area contributed by atoms with Crippen LogP contribution < -0.4 is 0 Å². The molecule has 134 valence electrons. The molecule has 0 fully saturated rings. The Kier molecular flexibility index (Phi) is 19.4. The van der Waals surface area contributed by atoms with Crippen LogP contribution in [0.5, 0.6) is 0 Å². The van der Waals surface area contributed by atoms with Gasteiger partial charge in [0.05, 0.1) is 32.5 Å². The fraction of sp³-hybridized carbons (Fsp3) is 1.00. The summed E-state index contributed by atoms with van der Waals surface area (Å²) in [6.07, 6.45) is 14.7. The molecule has 0 aromatic carbocycles. The highest BCUT2D eigenvalue weighted by Gasteiger charge is 2.07. The molecule has 0 saturated heterocycles. The number of halogens is 1. The largest absolute Gasteiger partial charge is 0.394 e. The lowest BCUT2D eigenvalue weighted by atomic mass is 10.0. The second kappa shape index (κ2) is 19.2. The third-order valence-electron chi connectivity index (χ3n) is 3.87. The minimum atomic E-state index is 0.0670. The van der Waals surface area contributed by atoms with Crippen LogP contribution in [-0.2, 0) is 9.47 Å². The van der Waals surface area contributed by atoms with Crippen LogP contribution in [0.1, 0.15) is 77.6 Å². The van der Waals surface area contributed by atoms with Crippen molar-refractivity contribution in [2.24, 2.45) is 0 Å². The first-order valence-electron chi connectivity index (χ1n) is 9.21. The van der Waals surface area contributed by atoms with Crippen LogP contribution in [-0.4, -0.2) is 43.5 Å². The van der Waals surface area contributed by atoms with Crippen LogP contribution in [0.3, 0.4) is 0 Å². The van der Waals surface area contributed by atoms with E-state index >= 15 is 0 Å². The van der Waals surface area contributed by atoms with Crippen molar-refractivity contribution in [1.82, 2.24) is 0 Å². The Bertz CT molecular complexity index is 203. The lowest BCUT2D eigenvalue weighted by molar-refractivity contribution is 0.00202. The maximum atomic E-state index is 8.59. The van der Waals surface area contributed by atoms with E-state index in [1.807, 2.05) is 0 Å². The van der Waals surface area contributed by atoms with E-state index in [1.165, 1.54) is 64.2 Å². The van der Waals surface area contributed by atoms with Gasteiger partial charge in [0.15, 0.2) is 0 Å².